The smallest absolute Gasteiger partial charge is 0.337 e. The normalized spacial score (nSPS) is 13.5. The monoisotopic (exact) mass is 474 g/mol. The molecule has 0 aromatic heterocycles. The zero-order valence-electron chi connectivity index (χ0n) is 17.0. The summed E-state index contributed by atoms with van der Waals surface area (Å²) in [6, 6.07) is 11.6. The first kappa shape index (κ1) is 22.3. The Bertz CT molecular complexity index is 1250. The summed E-state index contributed by atoms with van der Waals surface area (Å²) in [4.78, 5) is 12.0. The zero-order chi connectivity index (χ0) is 23.0. The summed E-state index contributed by atoms with van der Waals surface area (Å²) < 4.78 is 35.0. The van der Waals surface area contributed by atoms with Crippen molar-refractivity contribution in [3.8, 4) is 5.75 Å². The molecule has 3 nitrogen and oxygen atoms in total. The summed E-state index contributed by atoms with van der Waals surface area (Å²) in [5.41, 5.74) is 3.02. The van der Waals surface area contributed by atoms with E-state index in [-0.39, 0.29) is 5.56 Å². The van der Waals surface area contributed by atoms with Crippen LogP contribution in [-0.4, -0.2) is 18.2 Å². The highest BCUT2D eigenvalue weighted by Gasteiger charge is 2.27. The Labute approximate surface area is 193 Å². The number of allylic oxidation sites excluding steroid dienone is 1. The topological polar surface area (TPSA) is 46.5 Å². The summed E-state index contributed by atoms with van der Waals surface area (Å²) >= 11 is 12.5. The molecule has 164 valence electrons. The predicted molar refractivity (Wildman–Crippen MR) is 121 cm³/mol. The van der Waals surface area contributed by atoms with Crippen molar-refractivity contribution in [1.29, 1.82) is 0 Å². The lowest BCUT2D eigenvalue weighted by Crippen LogP contribution is -2.05. The van der Waals surface area contributed by atoms with Crippen LogP contribution in [0.1, 0.15) is 45.5 Å². The number of phenols is 1. The fourth-order valence-corrected chi connectivity index (χ4v) is 4.64. The minimum absolute atomic E-state index is 0.266. The van der Waals surface area contributed by atoms with Crippen molar-refractivity contribution < 1.29 is 23.4 Å². The van der Waals surface area contributed by atoms with Crippen molar-refractivity contribution in [1.82, 2.24) is 0 Å². The van der Waals surface area contributed by atoms with Crippen LogP contribution < -0.4 is 0 Å². The van der Waals surface area contributed by atoms with Crippen molar-refractivity contribution in [2.45, 2.75) is 19.3 Å². The number of methoxy groups -OCH3 is 1. The second kappa shape index (κ2) is 8.93. The first-order chi connectivity index (χ1) is 15.3. The van der Waals surface area contributed by atoms with Crippen LogP contribution in [0.3, 0.4) is 0 Å². The highest BCUT2D eigenvalue weighted by Crippen LogP contribution is 2.44. The second-order valence-electron chi connectivity index (χ2n) is 7.48. The van der Waals surface area contributed by atoms with Gasteiger partial charge in [-0.05, 0) is 71.4 Å². The lowest BCUT2D eigenvalue weighted by atomic mass is 9.86. The van der Waals surface area contributed by atoms with E-state index in [0.717, 1.165) is 17.7 Å². The van der Waals surface area contributed by atoms with Crippen LogP contribution >= 0.6 is 23.2 Å². The number of hydrogen-bond acceptors (Lipinski definition) is 3. The molecule has 0 saturated carbocycles. The zero-order valence-corrected chi connectivity index (χ0v) is 18.5. The van der Waals surface area contributed by atoms with Crippen molar-refractivity contribution in [3.63, 3.8) is 0 Å². The molecule has 0 atom stereocenters. The van der Waals surface area contributed by atoms with Gasteiger partial charge in [-0.1, -0.05) is 35.3 Å². The Hall–Kier alpha value is -2.89. The van der Waals surface area contributed by atoms with Crippen LogP contribution in [0.15, 0.2) is 48.5 Å². The van der Waals surface area contributed by atoms with Gasteiger partial charge in [0.2, 0.25) is 0 Å². The first-order valence-corrected chi connectivity index (χ1v) is 10.6. The highest BCUT2D eigenvalue weighted by molar-refractivity contribution is 6.36. The molecule has 1 aliphatic rings. The van der Waals surface area contributed by atoms with E-state index < -0.39 is 23.4 Å². The van der Waals surface area contributed by atoms with Gasteiger partial charge in [0, 0.05) is 22.2 Å². The molecular weight excluding hydrogens is 457 g/mol. The third-order valence-corrected chi connectivity index (χ3v) is 6.05. The van der Waals surface area contributed by atoms with Crippen molar-refractivity contribution in [2.24, 2.45) is 0 Å². The lowest BCUT2D eigenvalue weighted by Gasteiger charge is -2.19. The molecule has 0 bridgehead atoms. The Morgan fingerprint density at radius 1 is 0.969 bits per heavy atom. The Morgan fingerprint density at radius 2 is 1.66 bits per heavy atom. The van der Waals surface area contributed by atoms with Crippen LogP contribution in [0, 0.1) is 11.6 Å². The number of rotatable bonds is 3. The number of aryl methyl sites for hydroxylation is 1. The quantitative estimate of drug-likeness (QED) is 0.413. The van der Waals surface area contributed by atoms with E-state index in [0.29, 0.717) is 57.1 Å². The maximum absolute atomic E-state index is 15.1. The Balaban J connectivity index is 2.07. The van der Waals surface area contributed by atoms with E-state index in [9.17, 15) is 9.90 Å². The molecule has 1 aliphatic carbocycles. The molecule has 0 amide bonds. The molecule has 0 heterocycles. The Kier molecular flexibility index (Phi) is 6.22. The molecule has 7 heteroatoms. The van der Waals surface area contributed by atoms with Gasteiger partial charge in [0.05, 0.1) is 18.2 Å². The number of fused-ring (bicyclic) bond motifs is 1. The van der Waals surface area contributed by atoms with Gasteiger partial charge in [-0.25, -0.2) is 13.6 Å². The molecule has 1 N–H and O–H groups in total. The van der Waals surface area contributed by atoms with Crippen LogP contribution in [0.25, 0.3) is 11.1 Å². The predicted octanol–water partition coefficient (Wildman–Crippen LogP) is 7.06. The van der Waals surface area contributed by atoms with E-state index in [4.69, 9.17) is 27.9 Å². The summed E-state index contributed by atoms with van der Waals surface area (Å²) in [6.45, 7) is 0. The van der Waals surface area contributed by atoms with Gasteiger partial charge in [0.15, 0.2) is 0 Å². The summed E-state index contributed by atoms with van der Waals surface area (Å²) in [7, 11) is 1.29. The molecule has 0 fully saturated rings. The van der Waals surface area contributed by atoms with E-state index in [1.54, 1.807) is 36.4 Å². The minimum Gasteiger partial charge on any atom is -0.508 e. The average Bonchev–Trinajstić information content (AvgIpc) is 2.92. The van der Waals surface area contributed by atoms with Crippen LogP contribution in [-0.2, 0) is 11.2 Å². The number of ether oxygens (including phenoxy) is 1. The molecule has 0 unspecified atom stereocenters. The van der Waals surface area contributed by atoms with Crippen LogP contribution in [0.4, 0.5) is 8.78 Å². The molecule has 0 spiro atoms. The summed E-state index contributed by atoms with van der Waals surface area (Å²) in [5, 5.41) is 10.5. The van der Waals surface area contributed by atoms with Gasteiger partial charge in [0.25, 0.3) is 0 Å². The maximum Gasteiger partial charge on any atom is 0.337 e. The van der Waals surface area contributed by atoms with Crippen LogP contribution in [0.2, 0.25) is 10.0 Å². The second-order valence-corrected chi connectivity index (χ2v) is 8.32. The SMILES string of the molecule is COC(=O)c1ccc2c(c1)CCCC(c1ccc(Cl)cc1Cl)=C2c1c(F)cc(O)cc1F. The number of hydrogen-bond donors (Lipinski definition) is 1. The maximum atomic E-state index is 15.1. The van der Waals surface area contributed by atoms with Gasteiger partial charge in [-0.15, -0.1) is 0 Å². The van der Waals surface area contributed by atoms with E-state index in [1.807, 2.05) is 0 Å². The number of carbonyl (C=O) groups excluding carboxylic acids is 1. The lowest BCUT2D eigenvalue weighted by molar-refractivity contribution is 0.0600. The van der Waals surface area contributed by atoms with Gasteiger partial charge < -0.3 is 9.84 Å². The first-order valence-electron chi connectivity index (χ1n) is 9.88. The van der Waals surface area contributed by atoms with Crippen molar-refractivity contribution in [2.75, 3.05) is 7.11 Å². The standard InChI is InChI=1S/C25H18Cl2F2O3/c1-32-25(31)14-5-7-17-13(9-14)3-2-4-19(18-8-6-15(26)10-20(18)27)23(17)24-21(28)11-16(30)12-22(24)29/h5-12,30H,2-4H2,1H3. The fraction of sp³-hybridized carbons (Fsp3) is 0.160. The largest absolute Gasteiger partial charge is 0.508 e. The minimum atomic E-state index is -0.898. The third kappa shape index (κ3) is 4.10. The van der Waals surface area contributed by atoms with Gasteiger partial charge in [0.1, 0.15) is 17.4 Å². The summed E-state index contributed by atoms with van der Waals surface area (Å²) in [5.74, 6) is -2.80. The number of esters is 1. The highest BCUT2D eigenvalue weighted by atomic mass is 35.5. The van der Waals surface area contributed by atoms with Gasteiger partial charge in [-0.3, -0.25) is 0 Å². The van der Waals surface area contributed by atoms with E-state index >= 15 is 8.78 Å². The molecule has 0 saturated heterocycles. The van der Waals surface area contributed by atoms with E-state index in [1.165, 1.54) is 7.11 Å². The van der Waals surface area contributed by atoms with Crippen molar-refractivity contribution >= 4 is 40.3 Å². The number of benzene rings is 3. The number of halogens is 4. The number of carbonyl (C=O) groups is 1. The molecule has 0 radical (unpaired) electrons. The molecular formula is C25H18Cl2F2O3. The molecule has 3 aromatic rings. The van der Waals surface area contributed by atoms with E-state index in [2.05, 4.69) is 0 Å². The fourth-order valence-electron chi connectivity index (χ4n) is 4.12. The van der Waals surface area contributed by atoms with Gasteiger partial charge >= 0.3 is 5.97 Å². The molecule has 3 aromatic carbocycles. The molecule has 32 heavy (non-hydrogen) atoms. The number of phenolic OH excluding ortho intramolecular Hbond substituents is 1. The Morgan fingerprint density at radius 3 is 2.31 bits per heavy atom. The van der Waals surface area contributed by atoms with Gasteiger partial charge in [-0.2, -0.15) is 0 Å². The summed E-state index contributed by atoms with van der Waals surface area (Å²) in [6.07, 6.45) is 1.73. The van der Waals surface area contributed by atoms with Crippen molar-refractivity contribution in [3.05, 3.63) is 98.0 Å². The molecule has 4 rings (SSSR count). The average molecular weight is 475 g/mol. The number of aromatic hydroxyl groups is 1. The van der Waals surface area contributed by atoms with Crippen LogP contribution in [0.5, 0.6) is 5.75 Å². The third-order valence-electron chi connectivity index (χ3n) is 5.50. The molecule has 0 aliphatic heterocycles.